The van der Waals surface area contributed by atoms with Crippen LogP contribution in [0.5, 0.6) is 0 Å². The molecule has 1 aromatic carbocycles. The number of rotatable bonds is 6. The van der Waals surface area contributed by atoms with Crippen molar-refractivity contribution in [3.63, 3.8) is 0 Å². The third-order valence-electron chi connectivity index (χ3n) is 4.19. The second kappa shape index (κ2) is 7.16. The summed E-state index contributed by atoms with van der Waals surface area (Å²) >= 11 is 0. The second-order valence-corrected chi connectivity index (χ2v) is 8.47. The number of carbonyl (C=O) groups excluding carboxylic acids is 1. The van der Waals surface area contributed by atoms with Gasteiger partial charge in [-0.25, -0.2) is 13.1 Å². The lowest BCUT2D eigenvalue weighted by Crippen LogP contribution is -2.31. The molecule has 0 fully saturated rings. The molecule has 26 heavy (non-hydrogen) atoms. The highest BCUT2D eigenvalue weighted by Gasteiger charge is 2.22. The second-order valence-electron chi connectivity index (χ2n) is 6.75. The SMILES string of the molecule is CC(C)NS(=O)(=O)c1cccc(C(=O)N(C)Cc2nnc3n2CCC3)c1. The molecule has 8 nitrogen and oxygen atoms in total. The van der Waals surface area contributed by atoms with Crippen LogP contribution in [0.2, 0.25) is 0 Å². The highest BCUT2D eigenvalue weighted by Crippen LogP contribution is 2.17. The fourth-order valence-electron chi connectivity index (χ4n) is 3.01. The van der Waals surface area contributed by atoms with Gasteiger partial charge in [-0.15, -0.1) is 10.2 Å². The van der Waals surface area contributed by atoms with Gasteiger partial charge < -0.3 is 9.47 Å². The minimum absolute atomic E-state index is 0.0776. The summed E-state index contributed by atoms with van der Waals surface area (Å²) < 4.78 is 29.2. The molecule has 1 aliphatic rings. The minimum Gasteiger partial charge on any atom is -0.334 e. The predicted octanol–water partition coefficient (Wildman–Crippen LogP) is 1.18. The number of amides is 1. The van der Waals surface area contributed by atoms with Crippen LogP contribution in [0.15, 0.2) is 29.2 Å². The molecule has 0 spiro atoms. The number of hydrogen-bond acceptors (Lipinski definition) is 5. The Labute approximate surface area is 153 Å². The van der Waals surface area contributed by atoms with Gasteiger partial charge in [0, 0.05) is 31.6 Å². The maximum absolute atomic E-state index is 12.7. The summed E-state index contributed by atoms with van der Waals surface area (Å²) in [5, 5.41) is 8.30. The third kappa shape index (κ3) is 3.78. The van der Waals surface area contributed by atoms with E-state index in [0.717, 1.165) is 31.0 Å². The van der Waals surface area contributed by atoms with Crippen molar-refractivity contribution in [2.24, 2.45) is 0 Å². The van der Waals surface area contributed by atoms with E-state index in [1.54, 1.807) is 33.0 Å². The molecule has 9 heteroatoms. The van der Waals surface area contributed by atoms with Crippen LogP contribution in [0.1, 0.15) is 42.3 Å². The summed E-state index contributed by atoms with van der Waals surface area (Å²) in [6.07, 6.45) is 1.95. The van der Waals surface area contributed by atoms with Gasteiger partial charge in [0.25, 0.3) is 5.91 Å². The van der Waals surface area contributed by atoms with E-state index in [0.29, 0.717) is 12.1 Å². The van der Waals surface area contributed by atoms with Crippen LogP contribution in [0.3, 0.4) is 0 Å². The molecule has 0 saturated heterocycles. The topological polar surface area (TPSA) is 97.2 Å². The van der Waals surface area contributed by atoms with Gasteiger partial charge >= 0.3 is 0 Å². The number of benzene rings is 1. The highest BCUT2D eigenvalue weighted by atomic mass is 32.2. The fraction of sp³-hybridized carbons (Fsp3) is 0.471. The van der Waals surface area contributed by atoms with Gasteiger partial charge in [0.05, 0.1) is 11.4 Å². The van der Waals surface area contributed by atoms with Crippen LogP contribution in [0.4, 0.5) is 0 Å². The van der Waals surface area contributed by atoms with Gasteiger partial charge in [-0.1, -0.05) is 6.07 Å². The number of aryl methyl sites for hydroxylation is 1. The van der Waals surface area contributed by atoms with Gasteiger partial charge in [-0.05, 0) is 38.5 Å². The van der Waals surface area contributed by atoms with Gasteiger partial charge in [0.15, 0.2) is 5.82 Å². The molecule has 1 N–H and O–H groups in total. The predicted molar refractivity (Wildman–Crippen MR) is 96.0 cm³/mol. The Morgan fingerprint density at radius 3 is 2.85 bits per heavy atom. The number of carbonyl (C=O) groups is 1. The number of nitrogens with one attached hydrogen (secondary N) is 1. The first-order valence-corrected chi connectivity index (χ1v) is 10.0. The van der Waals surface area contributed by atoms with E-state index < -0.39 is 10.0 Å². The molecule has 2 aromatic rings. The van der Waals surface area contributed by atoms with Crippen molar-refractivity contribution in [3.8, 4) is 0 Å². The molecule has 0 saturated carbocycles. The van der Waals surface area contributed by atoms with Crippen LogP contribution in [0.25, 0.3) is 0 Å². The summed E-state index contributed by atoms with van der Waals surface area (Å²) in [5.41, 5.74) is 0.320. The largest absolute Gasteiger partial charge is 0.334 e. The number of hydrogen-bond donors (Lipinski definition) is 1. The standard InChI is InChI=1S/C17H23N5O3S/c1-12(2)20-26(24,25)14-7-4-6-13(10-14)17(23)21(3)11-16-19-18-15-8-5-9-22(15)16/h4,6-7,10,12,20H,5,8-9,11H2,1-3H3. The lowest BCUT2D eigenvalue weighted by atomic mass is 10.2. The third-order valence-corrected chi connectivity index (χ3v) is 5.85. The Kier molecular flexibility index (Phi) is 5.10. The summed E-state index contributed by atoms with van der Waals surface area (Å²) in [6.45, 7) is 4.69. The maximum atomic E-state index is 12.7. The molecule has 3 rings (SSSR count). The average Bonchev–Trinajstić information content (AvgIpc) is 3.18. The molecule has 1 aromatic heterocycles. The zero-order valence-corrected chi connectivity index (χ0v) is 16.0. The van der Waals surface area contributed by atoms with Crippen molar-refractivity contribution in [2.45, 2.75) is 50.7 Å². The first kappa shape index (κ1) is 18.5. The van der Waals surface area contributed by atoms with Crippen molar-refractivity contribution in [2.75, 3.05) is 7.05 Å². The zero-order valence-electron chi connectivity index (χ0n) is 15.1. The van der Waals surface area contributed by atoms with Crippen LogP contribution in [-0.4, -0.2) is 47.1 Å². The minimum atomic E-state index is -3.65. The monoisotopic (exact) mass is 377 g/mol. The first-order chi connectivity index (χ1) is 12.3. The van der Waals surface area contributed by atoms with Crippen LogP contribution in [0, 0.1) is 0 Å². The van der Waals surface area contributed by atoms with E-state index >= 15 is 0 Å². The summed E-state index contributed by atoms with van der Waals surface area (Å²) in [7, 11) is -1.97. The van der Waals surface area contributed by atoms with Gasteiger partial charge in [-0.2, -0.15) is 0 Å². The van der Waals surface area contributed by atoms with Gasteiger partial charge in [0.2, 0.25) is 10.0 Å². The Hall–Kier alpha value is -2.26. The molecule has 140 valence electrons. The Morgan fingerprint density at radius 2 is 2.12 bits per heavy atom. The highest BCUT2D eigenvalue weighted by molar-refractivity contribution is 7.89. The van der Waals surface area contributed by atoms with Crippen molar-refractivity contribution >= 4 is 15.9 Å². The molecule has 0 unspecified atom stereocenters. The summed E-state index contributed by atoms with van der Waals surface area (Å²) in [6, 6.07) is 5.84. The van der Waals surface area contributed by atoms with Crippen LogP contribution in [-0.2, 0) is 29.5 Å². The normalized spacial score (nSPS) is 13.8. The molecule has 0 bridgehead atoms. The number of fused-ring (bicyclic) bond motifs is 1. The Balaban J connectivity index is 1.78. The average molecular weight is 377 g/mol. The van der Waals surface area contributed by atoms with Gasteiger partial charge in [0.1, 0.15) is 5.82 Å². The Bertz CT molecular complexity index is 920. The number of nitrogens with zero attached hydrogens (tertiary/aromatic N) is 4. The number of sulfonamides is 1. The van der Waals surface area contributed by atoms with Crippen molar-refractivity contribution < 1.29 is 13.2 Å². The van der Waals surface area contributed by atoms with Crippen molar-refractivity contribution in [1.29, 1.82) is 0 Å². The van der Waals surface area contributed by atoms with E-state index in [1.807, 2.05) is 4.57 Å². The van der Waals surface area contributed by atoms with E-state index in [1.165, 1.54) is 17.0 Å². The van der Waals surface area contributed by atoms with E-state index in [9.17, 15) is 13.2 Å². The lowest BCUT2D eigenvalue weighted by Gasteiger charge is -2.17. The smallest absolute Gasteiger partial charge is 0.254 e. The van der Waals surface area contributed by atoms with Crippen LogP contribution >= 0.6 is 0 Å². The molecular formula is C17H23N5O3S. The zero-order chi connectivity index (χ0) is 18.9. The molecule has 2 heterocycles. The van der Waals surface area contributed by atoms with E-state index in [4.69, 9.17) is 0 Å². The quantitative estimate of drug-likeness (QED) is 0.815. The molecule has 0 atom stereocenters. The molecular weight excluding hydrogens is 354 g/mol. The lowest BCUT2D eigenvalue weighted by molar-refractivity contribution is 0.0780. The van der Waals surface area contributed by atoms with Crippen molar-refractivity contribution in [3.05, 3.63) is 41.5 Å². The summed E-state index contributed by atoms with van der Waals surface area (Å²) in [4.78, 5) is 14.3. The van der Waals surface area contributed by atoms with Gasteiger partial charge in [-0.3, -0.25) is 4.79 Å². The summed E-state index contributed by atoms with van der Waals surface area (Å²) in [5.74, 6) is 1.44. The molecule has 0 aliphatic carbocycles. The number of aromatic nitrogens is 3. The van der Waals surface area contributed by atoms with E-state index in [2.05, 4.69) is 14.9 Å². The maximum Gasteiger partial charge on any atom is 0.254 e. The van der Waals surface area contributed by atoms with Crippen molar-refractivity contribution in [1.82, 2.24) is 24.4 Å². The van der Waals surface area contributed by atoms with Crippen LogP contribution < -0.4 is 4.72 Å². The first-order valence-electron chi connectivity index (χ1n) is 8.57. The Morgan fingerprint density at radius 1 is 1.35 bits per heavy atom. The molecule has 0 radical (unpaired) electrons. The van der Waals surface area contributed by atoms with E-state index in [-0.39, 0.29) is 16.8 Å². The molecule has 1 amide bonds. The fourth-order valence-corrected chi connectivity index (χ4v) is 4.30. The molecule has 1 aliphatic heterocycles.